The van der Waals surface area contributed by atoms with Crippen molar-refractivity contribution < 1.29 is 23.9 Å². The third kappa shape index (κ3) is 5.37. The minimum Gasteiger partial charge on any atom is -0.494 e. The van der Waals surface area contributed by atoms with Crippen LogP contribution in [-0.2, 0) is 19.1 Å². The second-order valence-corrected chi connectivity index (χ2v) is 7.15. The molecule has 1 aliphatic rings. The molecule has 0 radical (unpaired) electrons. The fourth-order valence-electron chi connectivity index (χ4n) is 3.43. The SMILES string of the molecule is CCOc1ccc(NC(=O)COC(=O)[C@H]2CC(=O)N([C@@H](C)c3ccccc3)C2)cc1. The molecule has 2 aromatic carbocycles. The lowest BCUT2D eigenvalue weighted by Crippen LogP contribution is -2.30. The Morgan fingerprint density at radius 2 is 1.83 bits per heavy atom. The van der Waals surface area contributed by atoms with Gasteiger partial charge in [0.25, 0.3) is 5.91 Å². The van der Waals surface area contributed by atoms with Gasteiger partial charge in [-0.05, 0) is 43.7 Å². The van der Waals surface area contributed by atoms with Crippen molar-refractivity contribution in [3.05, 3.63) is 60.2 Å². The third-order valence-corrected chi connectivity index (χ3v) is 5.04. The van der Waals surface area contributed by atoms with Crippen LogP contribution in [0, 0.1) is 5.92 Å². The lowest BCUT2D eigenvalue weighted by Gasteiger charge is -2.25. The number of amides is 2. The summed E-state index contributed by atoms with van der Waals surface area (Å²) in [5.41, 5.74) is 1.59. The molecule has 30 heavy (non-hydrogen) atoms. The Kier molecular flexibility index (Phi) is 7.06. The maximum Gasteiger partial charge on any atom is 0.311 e. The van der Waals surface area contributed by atoms with Crippen LogP contribution in [-0.4, -0.2) is 42.4 Å². The van der Waals surface area contributed by atoms with Crippen LogP contribution < -0.4 is 10.1 Å². The van der Waals surface area contributed by atoms with Crippen LogP contribution in [0.15, 0.2) is 54.6 Å². The van der Waals surface area contributed by atoms with E-state index in [0.29, 0.717) is 18.0 Å². The average Bonchev–Trinajstić information content (AvgIpc) is 3.15. The summed E-state index contributed by atoms with van der Waals surface area (Å²) in [5.74, 6) is -0.921. The molecule has 3 rings (SSSR count). The normalized spacial score (nSPS) is 16.8. The van der Waals surface area contributed by atoms with Crippen molar-refractivity contribution in [1.82, 2.24) is 4.90 Å². The molecule has 1 fully saturated rings. The van der Waals surface area contributed by atoms with Gasteiger partial charge in [0.15, 0.2) is 6.61 Å². The summed E-state index contributed by atoms with van der Waals surface area (Å²) in [7, 11) is 0. The van der Waals surface area contributed by atoms with E-state index >= 15 is 0 Å². The van der Waals surface area contributed by atoms with Gasteiger partial charge in [-0.25, -0.2) is 0 Å². The second-order valence-electron chi connectivity index (χ2n) is 7.15. The van der Waals surface area contributed by atoms with Crippen LogP contribution in [0.3, 0.4) is 0 Å². The van der Waals surface area contributed by atoms with Gasteiger partial charge in [0.1, 0.15) is 5.75 Å². The van der Waals surface area contributed by atoms with E-state index in [1.54, 1.807) is 29.2 Å². The molecule has 7 heteroatoms. The average molecular weight is 410 g/mol. The molecule has 2 aromatic rings. The number of esters is 1. The zero-order valence-electron chi connectivity index (χ0n) is 17.2. The number of carbonyl (C=O) groups excluding carboxylic acids is 3. The molecule has 0 saturated carbocycles. The number of rotatable bonds is 8. The van der Waals surface area contributed by atoms with Gasteiger partial charge in [-0.15, -0.1) is 0 Å². The Labute approximate surface area is 176 Å². The number of nitrogens with zero attached hydrogens (tertiary/aromatic N) is 1. The Hall–Kier alpha value is -3.35. The first-order valence-corrected chi connectivity index (χ1v) is 10.0. The predicted molar refractivity (Wildman–Crippen MR) is 112 cm³/mol. The molecule has 2 atom stereocenters. The highest BCUT2D eigenvalue weighted by atomic mass is 16.5. The van der Waals surface area contributed by atoms with E-state index in [1.165, 1.54) is 0 Å². The number of ether oxygens (including phenoxy) is 2. The number of nitrogens with one attached hydrogen (secondary N) is 1. The molecule has 0 unspecified atom stereocenters. The van der Waals surface area contributed by atoms with E-state index in [9.17, 15) is 14.4 Å². The molecule has 2 amide bonds. The van der Waals surface area contributed by atoms with Crippen molar-refractivity contribution >= 4 is 23.5 Å². The first-order chi connectivity index (χ1) is 14.5. The Morgan fingerprint density at radius 1 is 1.13 bits per heavy atom. The molecular formula is C23H26N2O5. The summed E-state index contributed by atoms with van der Waals surface area (Å²) in [4.78, 5) is 38.5. The second kappa shape index (κ2) is 9.91. The Balaban J connectivity index is 1.47. The van der Waals surface area contributed by atoms with Crippen molar-refractivity contribution in [1.29, 1.82) is 0 Å². The van der Waals surface area contributed by atoms with Gasteiger partial charge >= 0.3 is 5.97 Å². The van der Waals surface area contributed by atoms with Crippen LogP contribution in [0.1, 0.15) is 31.9 Å². The minimum absolute atomic E-state index is 0.0906. The van der Waals surface area contributed by atoms with Gasteiger partial charge in [-0.1, -0.05) is 30.3 Å². The quantitative estimate of drug-likeness (QED) is 0.676. The van der Waals surface area contributed by atoms with Crippen molar-refractivity contribution in [2.45, 2.75) is 26.3 Å². The molecule has 1 saturated heterocycles. The number of likely N-dealkylation sites (tertiary alicyclic amines) is 1. The standard InChI is InChI=1S/C23H26N2O5/c1-3-29-20-11-9-19(10-12-20)24-21(26)15-30-23(28)18-13-22(27)25(14-18)16(2)17-7-5-4-6-8-17/h4-12,16,18H,3,13-15H2,1-2H3,(H,24,26)/t16-,18-/m0/s1. The van der Waals surface area contributed by atoms with Crippen LogP contribution in [0.4, 0.5) is 5.69 Å². The number of benzene rings is 2. The maximum atomic E-state index is 12.4. The molecular weight excluding hydrogens is 384 g/mol. The zero-order valence-corrected chi connectivity index (χ0v) is 17.2. The van der Waals surface area contributed by atoms with E-state index in [0.717, 1.165) is 5.56 Å². The zero-order chi connectivity index (χ0) is 21.5. The molecule has 1 heterocycles. The van der Waals surface area contributed by atoms with Gasteiger partial charge in [-0.2, -0.15) is 0 Å². The molecule has 158 valence electrons. The number of hydrogen-bond donors (Lipinski definition) is 1. The van der Waals surface area contributed by atoms with Crippen molar-refractivity contribution in [2.75, 3.05) is 25.1 Å². The Morgan fingerprint density at radius 3 is 2.50 bits per heavy atom. The van der Waals surface area contributed by atoms with Crippen LogP contribution in [0.25, 0.3) is 0 Å². The van der Waals surface area contributed by atoms with Crippen LogP contribution in [0.5, 0.6) is 5.75 Å². The predicted octanol–water partition coefficient (Wildman–Crippen LogP) is 3.18. The van der Waals surface area contributed by atoms with E-state index in [1.807, 2.05) is 44.2 Å². The molecule has 0 spiro atoms. The van der Waals surface area contributed by atoms with Gasteiger partial charge in [0.05, 0.1) is 18.6 Å². The van der Waals surface area contributed by atoms with E-state index in [4.69, 9.17) is 9.47 Å². The topological polar surface area (TPSA) is 84.9 Å². The fourth-order valence-corrected chi connectivity index (χ4v) is 3.43. The van der Waals surface area contributed by atoms with Crippen molar-refractivity contribution in [3.8, 4) is 5.75 Å². The molecule has 7 nitrogen and oxygen atoms in total. The lowest BCUT2D eigenvalue weighted by atomic mass is 10.1. The van der Waals surface area contributed by atoms with Gasteiger partial charge in [0.2, 0.25) is 5.91 Å². The third-order valence-electron chi connectivity index (χ3n) is 5.04. The summed E-state index contributed by atoms with van der Waals surface area (Å²) < 4.78 is 10.5. The van der Waals surface area contributed by atoms with E-state index < -0.39 is 24.4 Å². The molecule has 0 aliphatic carbocycles. The van der Waals surface area contributed by atoms with Gasteiger partial charge in [-0.3, -0.25) is 14.4 Å². The van der Waals surface area contributed by atoms with Crippen molar-refractivity contribution in [3.63, 3.8) is 0 Å². The summed E-state index contributed by atoms with van der Waals surface area (Å²) in [6, 6.07) is 16.5. The van der Waals surface area contributed by atoms with Crippen molar-refractivity contribution in [2.24, 2.45) is 5.92 Å². The van der Waals surface area contributed by atoms with Gasteiger partial charge < -0.3 is 19.7 Å². The molecule has 0 aromatic heterocycles. The number of carbonyl (C=O) groups is 3. The minimum atomic E-state index is -0.568. The largest absolute Gasteiger partial charge is 0.494 e. The molecule has 1 N–H and O–H groups in total. The first-order valence-electron chi connectivity index (χ1n) is 10.0. The fraction of sp³-hybridized carbons (Fsp3) is 0.348. The number of anilines is 1. The first kappa shape index (κ1) is 21.4. The van der Waals surface area contributed by atoms with E-state index in [2.05, 4.69) is 5.32 Å². The summed E-state index contributed by atoms with van der Waals surface area (Å²) in [6.45, 7) is 4.28. The summed E-state index contributed by atoms with van der Waals surface area (Å²) in [6.07, 6.45) is 0.0938. The number of hydrogen-bond acceptors (Lipinski definition) is 5. The smallest absolute Gasteiger partial charge is 0.311 e. The van der Waals surface area contributed by atoms with Crippen LogP contribution in [0.2, 0.25) is 0 Å². The van der Waals surface area contributed by atoms with Crippen LogP contribution >= 0.6 is 0 Å². The monoisotopic (exact) mass is 410 g/mol. The summed E-state index contributed by atoms with van der Waals surface area (Å²) >= 11 is 0. The highest BCUT2D eigenvalue weighted by molar-refractivity contribution is 5.93. The van der Waals surface area contributed by atoms with Gasteiger partial charge in [0, 0.05) is 18.7 Å². The Bertz CT molecular complexity index is 882. The maximum absolute atomic E-state index is 12.4. The molecule has 0 bridgehead atoms. The molecule has 1 aliphatic heterocycles. The summed E-state index contributed by atoms with van der Waals surface area (Å²) in [5, 5.41) is 2.67. The highest BCUT2D eigenvalue weighted by Gasteiger charge is 2.38. The lowest BCUT2D eigenvalue weighted by molar-refractivity contribution is -0.151. The highest BCUT2D eigenvalue weighted by Crippen LogP contribution is 2.29. The van der Waals surface area contributed by atoms with E-state index in [-0.39, 0.29) is 24.9 Å².